The van der Waals surface area contributed by atoms with Crippen molar-refractivity contribution in [1.82, 2.24) is 15.3 Å². The van der Waals surface area contributed by atoms with Crippen LogP contribution < -0.4 is 15.4 Å². The van der Waals surface area contributed by atoms with Gasteiger partial charge in [0.25, 0.3) is 0 Å². The molecule has 0 radical (unpaired) electrons. The Balaban J connectivity index is 2.75. The van der Waals surface area contributed by atoms with Crippen LogP contribution in [0.15, 0.2) is 12.4 Å². The maximum Gasteiger partial charge on any atom is 0.242 e. The molecule has 0 saturated heterocycles. The number of amides is 1. The van der Waals surface area contributed by atoms with Crippen LogP contribution in [0.25, 0.3) is 0 Å². The standard InChI is InChI=1S/C14H24N4O2/c1-9(2)8-20-12-7-16-6-11(17-12)18-13(10(3)4)14(19)15-5/h6-7,9-10,13H,8H2,1-5H3,(H,15,19)(H,17,18). The molecule has 2 N–H and O–H groups in total. The molecule has 0 aliphatic rings. The van der Waals surface area contributed by atoms with Gasteiger partial charge in [-0.3, -0.25) is 9.78 Å². The second-order valence-electron chi connectivity index (χ2n) is 5.43. The molecule has 112 valence electrons. The van der Waals surface area contributed by atoms with Gasteiger partial charge >= 0.3 is 0 Å². The van der Waals surface area contributed by atoms with Gasteiger partial charge in [-0.15, -0.1) is 0 Å². The quantitative estimate of drug-likeness (QED) is 0.795. The molecule has 0 spiro atoms. The van der Waals surface area contributed by atoms with E-state index in [0.29, 0.717) is 24.2 Å². The highest BCUT2D eigenvalue weighted by Crippen LogP contribution is 2.14. The fourth-order valence-corrected chi connectivity index (χ4v) is 1.59. The molecule has 0 aliphatic carbocycles. The lowest BCUT2D eigenvalue weighted by molar-refractivity contribution is -0.122. The molecule has 1 atom stereocenters. The van der Waals surface area contributed by atoms with E-state index in [9.17, 15) is 4.79 Å². The van der Waals surface area contributed by atoms with Crippen molar-refractivity contribution in [2.45, 2.75) is 33.7 Å². The molecule has 0 aromatic carbocycles. The number of anilines is 1. The molecule has 1 unspecified atom stereocenters. The number of hydrogen-bond acceptors (Lipinski definition) is 5. The average Bonchev–Trinajstić information content (AvgIpc) is 2.42. The highest BCUT2D eigenvalue weighted by molar-refractivity contribution is 5.84. The minimum atomic E-state index is -0.352. The third-order valence-electron chi connectivity index (χ3n) is 2.68. The number of ether oxygens (including phenoxy) is 1. The van der Waals surface area contributed by atoms with Crippen LogP contribution >= 0.6 is 0 Å². The first kappa shape index (κ1) is 16.2. The van der Waals surface area contributed by atoms with Gasteiger partial charge in [0.1, 0.15) is 11.9 Å². The Labute approximate surface area is 120 Å². The van der Waals surface area contributed by atoms with Gasteiger partial charge < -0.3 is 15.4 Å². The number of likely N-dealkylation sites (N-methyl/N-ethyl adjacent to an activating group) is 1. The normalized spacial score (nSPS) is 12.3. The Hall–Kier alpha value is -1.85. The molecule has 1 rings (SSSR count). The highest BCUT2D eigenvalue weighted by atomic mass is 16.5. The Morgan fingerprint density at radius 1 is 1.30 bits per heavy atom. The van der Waals surface area contributed by atoms with Crippen LogP contribution in [0.2, 0.25) is 0 Å². The lowest BCUT2D eigenvalue weighted by atomic mass is 10.0. The van der Waals surface area contributed by atoms with E-state index < -0.39 is 0 Å². The van der Waals surface area contributed by atoms with Gasteiger partial charge in [-0.25, -0.2) is 0 Å². The molecule has 1 amide bonds. The maximum absolute atomic E-state index is 11.8. The predicted octanol–water partition coefficient (Wildman–Crippen LogP) is 1.69. The topological polar surface area (TPSA) is 76.1 Å². The number of rotatable bonds is 7. The first-order chi connectivity index (χ1) is 9.43. The Morgan fingerprint density at radius 2 is 2.00 bits per heavy atom. The summed E-state index contributed by atoms with van der Waals surface area (Å²) in [5.41, 5.74) is 0. The van der Waals surface area contributed by atoms with Crippen molar-refractivity contribution < 1.29 is 9.53 Å². The SMILES string of the molecule is CNC(=O)C(Nc1cncc(OCC(C)C)n1)C(C)C. The van der Waals surface area contributed by atoms with Crippen LogP contribution in [0.4, 0.5) is 5.82 Å². The predicted molar refractivity (Wildman–Crippen MR) is 78.7 cm³/mol. The first-order valence-corrected chi connectivity index (χ1v) is 6.87. The van der Waals surface area contributed by atoms with E-state index in [-0.39, 0.29) is 17.9 Å². The van der Waals surface area contributed by atoms with Gasteiger partial charge in [0.05, 0.1) is 19.0 Å². The van der Waals surface area contributed by atoms with Gasteiger partial charge in [0.15, 0.2) is 0 Å². The van der Waals surface area contributed by atoms with Gasteiger partial charge in [-0.05, 0) is 11.8 Å². The smallest absolute Gasteiger partial charge is 0.242 e. The largest absolute Gasteiger partial charge is 0.476 e. The molecule has 0 aliphatic heterocycles. The fourth-order valence-electron chi connectivity index (χ4n) is 1.59. The maximum atomic E-state index is 11.8. The second kappa shape index (κ2) is 7.67. The minimum absolute atomic E-state index is 0.0738. The van der Waals surface area contributed by atoms with Crippen molar-refractivity contribution in [2.75, 3.05) is 19.0 Å². The zero-order valence-corrected chi connectivity index (χ0v) is 12.8. The summed E-state index contributed by atoms with van der Waals surface area (Å²) in [4.78, 5) is 20.2. The van der Waals surface area contributed by atoms with Gasteiger partial charge in [-0.1, -0.05) is 27.7 Å². The lowest BCUT2D eigenvalue weighted by Crippen LogP contribution is -2.41. The zero-order chi connectivity index (χ0) is 15.1. The molecule has 6 heteroatoms. The number of hydrogen-bond donors (Lipinski definition) is 2. The number of nitrogens with one attached hydrogen (secondary N) is 2. The molecule has 20 heavy (non-hydrogen) atoms. The second-order valence-corrected chi connectivity index (χ2v) is 5.43. The molecule has 0 fully saturated rings. The Morgan fingerprint density at radius 3 is 2.55 bits per heavy atom. The van der Waals surface area contributed by atoms with Crippen LogP contribution in [0.5, 0.6) is 5.88 Å². The van der Waals surface area contributed by atoms with Crippen molar-refractivity contribution in [3.8, 4) is 5.88 Å². The molecule has 1 heterocycles. The molecular weight excluding hydrogens is 256 g/mol. The van der Waals surface area contributed by atoms with Crippen LogP contribution in [0.3, 0.4) is 0 Å². The van der Waals surface area contributed by atoms with Crippen LogP contribution in [0.1, 0.15) is 27.7 Å². The van der Waals surface area contributed by atoms with Crippen molar-refractivity contribution in [2.24, 2.45) is 11.8 Å². The molecule has 1 aromatic rings. The van der Waals surface area contributed by atoms with E-state index in [2.05, 4.69) is 34.4 Å². The average molecular weight is 280 g/mol. The first-order valence-electron chi connectivity index (χ1n) is 6.87. The zero-order valence-electron chi connectivity index (χ0n) is 12.8. The number of carbonyl (C=O) groups excluding carboxylic acids is 1. The number of nitrogens with zero attached hydrogens (tertiary/aromatic N) is 2. The van der Waals surface area contributed by atoms with E-state index in [1.54, 1.807) is 19.4 Å². The van der Waals surface area contributed by atoms with Gasteiger partial charge in [-0.2, -0.15) is 4.98 Å². The Kier molecular flexibility index (Phi) is 6.21. The minimum Gasteiger partial charge on any atom is -0.476 e. The Bertz CT molecular complexity index is 435. The van der Waals surface area contributed by atoms with Crippen LogP contribution in [-0.4, -0.2) is 35.6 Å². The van der Waals surface area contributed by atoms with E-state index >= 15 is 0 Å². The van der Waals surface area contributed by atoms with Crippen molar-refractivity contribution in [3.63, 3.8) is 0 Å². The van der Waals surface area contributed by atoms with Gasteiger partial charge in [0, 0.05) is 7.05 Å². The number of aromatic nitrogens is 2. The van der Waals surface area contributed by atoms with E-state index in [0.717, 1.165) is 0 Å². The van der Waals surface area contributed by atoms with Crippen molar-refractivity contribution >= 4 is 11.7 Å². The summed E-state index contributed by atoms with van der Waals surface area (Å²) in [7, 11) is 1.62. The summed E-state index contributed by atoms with van der Waals surface area (Å²) in [6, 6.07) is -0.352. The highest BCUT2D eigenvalue weighted by Gasteiger charge is 2.21. The van der Waals surface area contributed by atoms with E-state index in [4.69, 9.17) is 4.74 Å². The molecule has 0 saturated carbocycles. The fraction of sp³-hybridized carbons (Fsp3) is 0.643. The summed E-state index contributed by atoms with van der Waals surface area (Å²) >= 11 is 0. The van der Waals surface area contributed by atoms with Gasteiger partial charge in [0.2, 0.25) is 11.8 Å². The summed E-state index contributed by atoms with van der Waals surface area (Å²) in [6.45, 7) is 8.66. The third-order valence-corrected chi connectivity index (χ3v) is 2.68. The van der Waals surface area contributed by atoms with Crippen molar-refractivity contribution in [1.29, 1.82) is 0 Å². The van der Waals surface area contributed by atoms with E-state index in [1.807, 2.05) is 13.8 Å². The molecule has 0 bridgehead atoms. The van der Waals surface area contributed by atoms with Crippen molar-refractivity contribution in [3.05, 3.63) is 12.4 Å². The van der Waals surface area contributed by atoms with E-state index in [1.165, 1.54) is 0 Å². The summed E-state index contributed by atoms with van der Waals surface area (Å²) in [5, 5.41) is 5.73. The summed E-state index contributed by atoms with van der Waals surface area (Å²) in [6.07, 6.45) is 3.15. The third kappa shape index (κ3) is 5.03. The summed E-state index contributed by atoms with van der Waals surface area (Å²) < 4.78 is 5.52. The van der Waals surface area contributed by atoms with Crippen LogP contribution in [-0.2, 0) is 4.79 Å². The monoisotopic (exact) mass is 280 g/mol. The molecule has 6 nitrogen and oxygen atoms in total. The van der Waals surface area contributed by atoms with Crippen LogP contribution in [0, 0.1) is 11.8 Å². The lowest BCUT2D eigenvalue weighted by Gasteiger charge is -2.21. The summed E-state index contributed by atoms with van der Waals surface area (Å²) in [5.74, 6) is 1.48. The molecule has 1 aromatic heterocycles. The molecular formula is C14H24N4O2. The number of carbonyl (C=O) groups is 1.